The van der Waals surface area contributed by atoms with Gasteiger partial charge in [0.1, 0.15) is 11.4 Å². The predicted molar refractivity (Wildman–Crippen MR) is 70.0 cm³/mol. The minimum atomic E-state index is -1.30. The highest BCUT2D eigenvalue weighted by Crippen LogP contribution is 2.19. The van der Waals surface area contributed by atoms with Crippen molar-refractivity contribution in [2.24, 2.45) is 0 Å². The van der Waals surface area contributed by atoms with Crippen molar-refractivity contribution < 1.29 is 18.5 Å². The molecule has 1 aromatic rings. The van der Waals surface area contributed by atoms with E-state index < -0.39 is 22.6 Å². The zero-order valence-corrected chi connectivity index (χ0v) is 11.1. The molecule has 2 unspecified atom stereocenters. The first kappa shape index (κ1) is 14.6. The standard InChI is InChI=1S/C12H16FNO3S/c1-8(18(2)17)6-7-14-10-5-3-4-9(13)11(10)12(15)16/h3-5,8,14H,6-7H2,1-2H3,(H,15,16). The molecular formula is C12H16FNO3S. The molecular weight excluding hydrogens is 257 g/mol. The van der Waals surface area contributed by atoms with Gasteiger partial charge in [0.2, 0.25) is 0 Å². The van der Waals surface area contributed by atoms with Crippen molar-refractivity contribution in [3.8, 4) is 0 Å². The van der Waals surface area contributed by atoms with Crippen LogP contribution in [-0.2, 0) is 10.8 Å². The molecule has 0 aliphatic carbocycles. The fourth-order valence-corrected chi connectivity index (χ4v) is 1.91. The van der Waals surface area contributed by atoms with E-state index in [9.17, 15) is 13.4 Å². The first-order valence-corrected chi connectivity index (χ1v) is 7.13. The van der Waals surface area contributed by atoms with Crippen LogP contribution in [0.1, 0.15) is 23.7 Å². The highest BCUT2D eigenvalue weighted by atomic mass is 32.2. The van der Waals surface area contributed by atoms with E-state index in [1.54, 1.807) is 6.26 Å². The van der Waals surface area contributed by atoms with Crippen LogP contribution in [0.5, 0.6) is 0 Å². The number of carboxylic acids is 1. The number of nitrogens with one attached hydrogen (secondary N) is 1. The molecule has 0 bridgehead atoms. The Labute approximate surface area is 108 Å². The maximum absolute atomic E-state index is 13.3. The highest BCUT2D eigenvalue weighted by Gasteiger charge is 2.15. The summed E-state index contributed by atoms with van der Waals surface area (Å²) in [6, 6.07) is 4.07. The summed E-state index contributed by atoms with van der Waals surface area (Å²) in [7, 11) is -0.917. The van der Waals surface area contributed by atoms with Crippen LogP contribution in [0.2, 0.25) is 0 Å². The summed E-state index contributed by atoms with van der Waals surface area (Å²) in [6.45, 7) is 2.30. The number of halogens is 1. The SMILES string of the molecule is CC(CCNc1cccc(F)c1C(=O)O)S(C)=O. The smallest absolute Gasteiger partial charge is 0.340 e. The second kappa shape index (κ2) is 6.49. The van der Waals surface area contributed by atoms with Gasteiger partial charge in [-0.25, -0.2) is 9.18 Å². The van der Waals surface area contributed by atoms with Crippen LogP contribution in [-0.4, -0.2) is 33.3 Å². The van der Waals surface area contributed by atoms with Gasteiger partial charge in [-0.3, -0.25) is 4.21 Å². The molecule has 0 saturated carbocycles. The molecule has 1 rings (SSSR count). The Balaban J connectivity index is 2.71. The quantitative estimate of drug-likeness (QED) is 0.833. The largest absolute Gasteiger partial charge is 0.478 e. The van der Waals surface area contributed by atoms with Gasteiger partial charge in [-0.15, -0.1) is 0 Å². The molecule has 0 amide bonds. The number of hydrogen-bond donors (Lipinski definition) is 2. The minimum Gasteiger partial charge on any atom is -0.478 e. The van der Waals surface area contributed by atoms with E-state index in [-0.39, 0.29) is 16.5 Å². The van der Waals surface area contributed by atoms with Crippen LogP contribution >= 0.6 is 0 Å². The van der Waals surface area contributed by atoms with E-state index in [0.717, 1.165) is 6.07 Å². The zero-order chi connectivity index (χ0) is 13.7. The molecule has 2 atom stereocenters. The summed E-state index contributed by atoms with van der Waals surface area (Å²) in [5.74, 6) is -2.07. The lowest BCUT2D eigenvalue weighted by atomic mass is 10.1. The fraction of sp³-hybridized carbons (Fsp3) is 0.417. The Kier molecular flexibility index (Phi) is 5.27. The number of aromatic carboxylic acids is 1. The van der Waals surface area contributed by atoms with Gasteiger partial charge in [-0.05, 0) is 18.6 Å². The molecule has 0 aliphatic heterocycles. The lowest BCUT2D eigenvalue weighted by Crippen LogP contribution is -2.16. The van der Waals surface area contributed by atoms with Crippen LogP contribution in [0.4, 0.5) is 10.1 Å². The third-order valence-electron chi connectivity index (χ3n) is 2.66. The maximum Gasteiger partial charge on any atom is 0.340 e. The molecule has 18 heavy (non-hydrogen) atoms. The number of anilines is 1. The summed E-state index contributed by atoms with van der Waals surface area (Å²) in [5.41, 5.74) is -0.112. The van der Waals surface area contributed by atoms with Gasteiger partial charge in [0.25, 0.3) is 0 Å². The van der Waals surface area contributed by atoms with Crippen LogP contribution in [0, 0.1) is 5.82 Å². The lowest BCUT2D eigenvalue weighted by Gasteiger charge is -2.12. The molecule has 0 fully saturated rings. The Hall–Kier alpha value is -1.43. The second-order valence-electron chi connectivity index (χ2n) is 3.99. The van der Waals surface area contributed by atoms with E-state index in [2.05, 4.69) is 5.32 Å². The predicted octanol–water partition coefficient (Wildman–Crippen LogP) is 2.09. The second-order valence-corrected chi connectivity index (χ2v) is 5.79. The first-order chi connectivity index (χ1) is 8.43. The summed E-state index contributed by atoms with van der Waals surface area (Å²) < 4.78 is 24.5. The van der Waals surface area contributed by atoms with Gasteiger partial charge in [0, 0.05) is 28.9 Å². The topological polar surface area (TPSA) is 66.4 Å². The van der Waals surface area contributed by atoms with Crippen molar-refractivity contribution in [3.63, 3.8) is 0 Å². The van der Waals surface area contributed by atoms with Crippen LogP contribution < -0.4 is 5.32 Å². The average Bonchev–Trinajstić information content (AvgIpc) is 2.28. The molecule has 0 aromatic heterocycles. The molecule has 4 nitrogen and oxygen atoms in total. The van der Waals surface area contributed by atoms with Gasteiger partial charge < -0.3 is 10.4 Å². The first-order valence-electron chi connectivity index (χ1n) is 5.51. The summed E-state index contributed by atoms with van der Waals surface area (Å²) in [4.78, 5) is 10.9. The van der Waals surface area contributed by atoms with Gasteiger partial charge in [-0.2, -0.15) is 0 Å². The molecule has 1 aromatic carbocycles. The Bertz CT molecular complexity index is 465. The van der Waals surface area contributed by atoms with Crippen molar-refractivity contribution >= 4 is 22.5 Å². The molecule has 0 heterocycles. The van der Waals surface area contributed by atoms with Crippen LogP contribution in [0.25, 0.3) is 0 Å². The molecule has 0 radical (unpaired) electrons. The normalized spacial score (nSPS) is 13.9. The summed E-state index contributed by atoms with van der Waals surface area (Å²) >= 11 is 0. The average molecular weight is 273 g/mol. The Morgan fingerprint density at radius 2 is 2.22 bits per heavy atom. The number of benzene rings is 1. The number of rotatable bonds is 6. The van der Waals surface area contributed by atoms with Crippen LogP contribution in [0.15, 0.2) is 18.2 Å². The van der Waals surface area contributed by atoms with Crippen molar-refractivity contribution in [1.29, 1.82) is 0 Å². The van der Waals surface area contributed by atoms with Gasteiger partial charge in [0.15, 0.2) is 0 Å². The molecule has 100 valence electrons. The maximum atomic E-state index is 13.3. The van der Waals surface area contributed by atoms with Gasteiger partial charge >= 0.3 is 5.97 Å². The Morgan fingerprint density at radius 3 is 2.78 bits per heavy atom. The van der Waals surface area contributed by atoms with Gasteiger partial charge in [0.05, 0.1) is 5.69 Å². The zero-order valence-electron chi connectivity index (χ0n) is 10.3. The van der Waals surface area contributed by atoms with Crippen molar-refractivity contribution in [2.45, 2.75) is 18.6 Å². The monoisotopic (exact) mass is 273 g/mol. The third-order valence-corrected chi connectivity index (χ3v) is 4.03. The fourth-order valence-electron chi connectivity index (χ4n) is 1.46. The van der Waals surface area contributed by atoms with E-state index in [4.69, 9.17) is 5.11 Å². The van der Waals surface area contributed by atoms with Crippen molar-refractivity contribution in [1.82, 2.24) is 0 Å². The Morgan fingerprint density at radius 1 is 1.56 bits per heavy atom. The number of carbonyl (C=O) groups is 1. The van der Waals surface area contributed by atoms with Crippen LogP contribution in [0.3, 0.4) is 0 Å². The van der Waals surface area contributed by atoms with E-state index >= 15 is 0 Å². The van der Waals surface area contributed by atoms with E-state index in [0.29, 0.717) is 13.0 Å². The number of hydrogen-bond acceptors (Lipinski definition) is 3. The molecule has 0 aliphatic rings. The van der Waals surface area contributed by atoms with E-state index in [1.165, 1.54) is 12.1 Å². The molecule has 6 heteroatoms. The van der Waals surface area contributed by atoms with Crippen molar-refractivity contribution in [2.75, 3.05) is 18.1 Å². The summed E-state index contributed by atoms with van der Waals surface area (Å²) in [5, 5.41) is 11.8. The molecule has 2 N–H and O–H groups in total. The lowest BCUT2D eigenvalue weighted by molar-refractivity contribution is 0.0693. The molecule has 0 saturated heterocycles. The van der Waals surface area contributed by atoms with Crippen molar-refractivity contribution in [3.05, 3.63) is 29.6 Å². The third kappa shape index (κ3) is 3.80. The van der Waals surface area contributed by atoms with Gasteiger partial charge in [-0.1, -0.05) is 13.0 Å². The highest BCUT2D eigenvalue weighted by molar-refractivity contribution is 7.84. The molecule has 0 spiro atoms. The van der Waals surface area contributed by atoms with E-state index in [1.807, 2.05) is 6.92 Å². The number of carboxylic acid groups (broad SMARTS) is 1. The summed E-state index contributed by atoms with van der Waals surface area (Å²) in [6.07, 6.45) is 2.24. The minimum absolute atomic E-state index is 0.0133.